The molecule has 182 valence electrons. The highest BCUT2D eigenvalue weighted by molar-refractivity contribution is 5.85. The van der Waals surface area contributed by atoms with Gasteiger partial charge in [-0.2, -0.15) is 0 Å². The minimum Gasteiger partial charge on any atom is -0.464 e. The second-order valence-corrected chi connectivity index (χ2v) is 9.19. The number of rotatable bonds is 10. The first-order valence-corrected chi connectivity index (χ1v) is 12.1. The Bertz CT molecular complexity index is 1190. The SMILES string of the molecule is Cc1ccc(CN(Cc2ccc3c(c2)OCO3)C(=O)CN(C(=O)CCc2ccccc2)C2CC2)o1. The highest BCUT2D eigenvalue weighted by Gasteiger charge is 2.34. The zero-order chi connectivity index (χ0) is 24.2. The molecule has 2 amide bonds. The first-order chi connectivity index (χ1) is 17.0. The van der Waals surface area contributed by atoms with Gasteiger partial charge in [-0.05, 0) is 61.6 Å². The minimum atomic E-state index is -0.100. The molecule has 0 atom stereocenters. The van der Waals surface area contributed by atoms with Gasteiger partial charge in [0.05, 0.1) is 6.54 Å². The fourth-order valence-corrected chi connectivity index (χ4v) is 4.34. The van der Waals surface area contributed by atoms with E-state index in [1.54, 1.807) is 9.80 Å². The second kappa shape index (κ2) is 10.3. The third-order valence-corrected chi connectivity index (χ3v) is 6.39. The standard InChI is InChI=1S/C28H30N2O5/c1-20-7-12-24(35-20)17-29(16-22-8-13-25-26(15-22)34-19-33-25)28(32)18-30(23-10-11-23)27(31)14-9-21-5-3-2-4-6-21/h2-8,12-13,15,23H,9-11,14,16-19H2,1H3. The van der Waals surface area contributed by atoms with Crippen molar-refractivity contribution in [1.82, 2.24) is 9.80 Å². The lowest BCUT2D eigenvalue weighted by Gasteiger charge is -2.27. The summed E-state index contributed by atoms with van der Waals surface area (Å²) in [6.07, 6.45) is 2.96. The van der Waals surface area contributed by atoms with Crippen LogP contribution in [0.5, 0.6) is 11.5 Å². The largest absolute Gasteiger partial charge is 0.464 e. The molecule has 7 heteroatoms. The average Bonchev–Trinajstić information content (AvgIpc) is 3.46. The Morgan fingerprint density at radius 1 is 0.886 bits per heavy atom. The fourth-order valence-electron chi connectivity index (χ4n) is 4.34. The Balaban J connectivity index is 1.29. The molecule has 1 aliphatic heterocycles. The number of hydrogen-bond donors (Lipinski definition) is 0. The number of hydrogen-bond acceptors (Lipinski definition) is 5. The third-order valence-electron chi connectivity index (χ3n) is 6.39. The van der Waals surface area contributed by atoms with Crippen molar-refractivity contribution in [3.8, 4) is 11.5 Å². The molecule has 2 aliphatic rings. The summed E-state index contributed by atoms with van der Waals surface area (Å²) >= 11 is 0. The second-order valence-electron chi connectivity index (χ2n) is 9.19. The molecule has 0 unspecified atom stereocenters. The lowest BCUT2D eigenvalue weighted by Crippen LogP contribution is -2.43. The number of fused-ring (bicyclic) bond motifs is 1. The van der Waals surface area contributed by atoms with E-state index < -0.39 is 0 Å². The predicted molar refractivity (Wildman–Crippen MR) is 130 cm³/mol. The molecule has 35 heavy (non-hydrogen) atoms. The van der Waals surface area contributed by atoms with Crippen molar-refractivity contribution in [2.75, 3.05) is 13.3 Å². The van der Waals surface area contributed by atoms with Crippen LogP contribution in [0.2, 0.25) is 0 Å². The Morgan fingerprint density at radius 2 is 1.69 bits per heavy atom. The van der Waals surface area contributed by atoms with Crippen LogP contribution >= 0.6 is 0 Å². The maximum Gasteiger partial charge on any atom is 0.242 e. The van der Waals surface area contributed by atoms with Crippen molar-refractivity contribution in [2.45, 2.75) is 51.7 Å². The minimum absolute atomic E-state index is 0.0292. The number of amides is 2. The quantitative estimate of drug-likeness (QED) is 0.434. The van der Waals surface area contributed by atoms with Crippen LogP contribution in [0.15, 0.2) is 65.1 Å². The predicted octanol–water partition coefficient (Wildman–Crippen LogP) is 4.47. The molecule has 1 fully saturated rings. The van der Waals surface area contributed by atoms with Gasteiger partial charge in [0.25, 0.3) is 0 Å². The topological polar surface area (TPSA) is 72.2 Å². The van der Waals surface area contributed by atoms with E-state index in [4.69, 9.17) is 13.9 Å². The average molecular weight is 475 g/mol. The first kappa shape index (κ1) is 23.0. The zero-order valence-corrected chi connectivity index (χ0v) is 19.9. The van der Waals surface area contributed by atoms with E-state index in [9.17, 15) is 9.59 Å². The lowest BCUT2D eigenvalue weighted by atomic mass is 10.1. The number of furan rings is 1. The molecule has 0 radical (unpaired) electrons. The number of benzene rings is 2. The Kier molecular flexibility index (Phi) is 6.75. The summed E-state index contributed by atoms with van der Waals surface area (Å²) in [6, 6.07) is 19.6. The van der Waals surface area contributed by atoms with Crippen molar-refractivity contribution >= 4 is 11.8 Å². The van der Waals surface area contributed by atoms with Gasteiger partial charge in [0.15, 0.2) is 11.5 Å². The molecule has 7 nitrogen and oxygen atoms in total. The van der Waals surface area contributed by atoms with Crippen molar-refractivity contribution in [3.05, 3.63) is 83.3 Å². The van der Waals surface area contributed by atoms with E-state index in [-0.39, 0.29) is 31.2 Å². The molecule has 2 heterocycles. The van der Waals surface area contributed by atoms with Crippen LogP contribution in [0.25, 0.3) is 0 Å². The molecule has 0 spiro atoms. The van der Waals surface area contributed by atoms with E-state index in [1.165, 1.54) is 0 Å². The Hall–Kier alpha value is -3.74. The van der Waals surface area contributed by atoms with Crippen molar-refractivity contribution in [2.24, 2.45) is 0 Å². The Morgan fingerprint density at radius 3 is 2.43 bits per heavy atom. The maximum absolute atomic E-state index is 13.5. The summed E-state index contributed by atoms with van der Waals surface area (Å²) in [5.41, 5.74) is 2.06. The normalized spacial score (nSPS) is 14.1. The zero-order valence-electron chi connectivity index (χ0n) is 19.9. The number of aryl methyl sites for hydroxylation is 2. The van der Waals surface area contributed by atoms with Gasteiger partial charge in [-0.25, -0.2) is 0 Å². The highest BCUT2D eigenvalue weighted by atomic mass is 16.7. The summed E-state index contributed by atoms with van der Waals surface area (Å²) in [5, 5.41) is 0. The molecule has 1 aromatic heterocycles. The van der Waals surface area contributed by atoms with Gasteiger partial charge in [-0.1, -0.05) is 36.4 Å². The van der Waals surface area contributed by atoms with Gasteiger partial charge >= 0.3 is 0 Å². The third kappa shape index (κ3) is 5.85. The van der Waals surface area contributed by atoms with Gasteiger partial charge in [0.1, 0.15) is 18.1 Å². The number of ether oxygens (including phenoxy) is 2. The monoisotopic (exact) mass is 474 g/mol. The number of carbonyl (C=O) groups excluding carboxylic acids is 2. The molecule has 5 rings (SSSR count). The molecule has 0 saturated heterocycles. The molecule has 3 aromatic rings. The summed E-state index contributed by atoms with van der Waals surface area (Å²) in [4.78, 5) is 30.2. The summed E-state index contributed by atoms with van der Waals surface area (Å²) in [7, 11) is 0. The smallest absolute Gasteiger partial charge is 0.242 e. The van der Waals surface area contributed by atoms with Crippen LogP contribution < -0.4 is 9.47 Å². The van der Waals surface area contributed by atoms with E-state index in [0.717, 1.165) is 29.7 Å². The lowest BCUT2D eigenvalue weighted by molar-refractivity contribution is -0.141. The van der Waals surface area contributed by atoms with Crippen LogP contribution in [-0.4, -0.2) is 41.0 Å². The summed E-state index contributed by atoms with van der Waals surface area (Å²) < 4.78 is 16.7. The number of carbonyl (C=O) groups is 2. The van der Waals surface area contributed by atoms with Crippen LogP contribution in [0.4, 0.5) is 0 Å². The van der Waals surface area contributed by atoms with Crippen LogP contribution in [0.3, 0.4) is 0 Å². The maximum atomic E-state index is 13.5. The molecular weight excluding hydrogens is 444 g/mol. The Labute approximate surface area is 205 Å². The van der Waals surface area contributed by atoms with Crippen LogP contribution in [-0.2, 0) is 29.1 Å². The molecule has 2 aromatic carbocycles. The molecule has 0 bridgehead atoms. The van der Waals surface area contributed by atoms with Gasteiger partial charge in [0.2, 0.25) is 18.6 Å². The van der Waals surface area contributed by atoms with Gasteiger partial charge in [-0.15, -0.1) is 0 Å². The van der Waals surface area contributed by atoms with Crippen molar-refractivity contribution < 1.29 is 23.5 Å². The summed E-state index contributed by atoms with van der Waals surface area (Å²) in [5.74, 6) is 2.83. The molecule has 1 aliphatic carbocycles. The van der Waals surface area contributed by atoms with Crippen LogP contribution in [0, 0.1) is 6.92 Å². The van der Waals surface area contributed by atoms with Crippen LogP contribution in [0.1, 0.15) is 41.9 Å². The fraction of sp³-hybridized carbons (Fsp3) is 0.357. The van der Waals surface area contributed by atoms with Gasteiger partial charge in [0, 0.05) is 19.0 Å². The van der Waals surface area contributed by atoms with E-state index in [0.29, 0.717) is 43.2 Å². The molecule has 0 N–H and O–H groups in total. The van der Waals surface area contributed by atoms with E-state index >= 15 is 0 Å². The first-order valence-electron chi connectivity index (χ1n) is 12.1. The van der Waals surface area contributed by atoms with Gasteiger partial charge < -0.3 is 23.7 Å². The molecule has 1 saturated carbocycles. The van der Waals surface area contributed by atoms with E-state index in [1.807, 2.05) is 67.6 Å². The molecular formula is C28H30N2O5. The van der Waals surface area contributed by atoms with Crippen molar-refractivity contribution in [1.29, 1.82) is 0 Å². The highest BCUT2D eigenvalue weighted by Crippen LogP contribution is 2.33. The number of nitrogens with zero attached hydrogens (tertiary/aromatic N) is 2. The van der Waals surface area contributed by atoms with E-state index in [2.05, 4.69) is 0 Å². The van der Waals surface area contributed by atoms with Gasteiger partial charge in [-0.3, -0.25) is 9.59 Å². The summed E-state index contributed by atoms with van der Waals surface area (Å²) in [6.45, 7) is 2.87. The van der Waals surface area contributed by atoms with Crippen molar-refractivity contribution in [3.63, 3.8) is 0 Å².